The van der Waals surface area contributed by atoms with Gasteiger partial charge in [0.2, 0.25) is 0 Å². The third kappa shape index (κ3) is 2.10. The molecule has 0 bridgehead atoms. The summed E-state index contributed by atoms with van der Waals surface area (Å²) >= 11 is 1.34. The maximum absolute atomic E-state index is 12.1. The molecule has 1 amide bonds. The van der Waals surface area contributed by atoms with Gasteiger partial charge in [0, 0.05) is 16.8 Å². The average Bonchev–Trinajstić information content (AvgIpc) is 2.73. The Morgan fingerprint density at radius 1 is 1.35 bits per heavy atom. The maximum Gasteiger partial charge on any atom is 0.263 e. The zero-order valence-electron chi connectivity index (χ0n) is 11.3. The highest BCUT2D eigenvalue weighted by molar-refractivity contribution is 7.21. The van der Waals surface area contributed by atoms with Gasteiger partial charge in [-0.05, 0) is 26.0 Å². The Balaban J connectivity index is 2.18. The normalized spacial score (nSPS) is 11.3. The van der Waals surface area contributed by atoms with E-state index >= 15 is 0 Å². The van der Waals surface area contributed by atoms with Gasteiger partial charge in [-0.25, -0.2) is 4.98 Å². The lowest BCUT2D eigenvalue weighted by molar-refractivity contribution is 0.0948. The molecule has 20 heavy (non-hydrogen) atoms. The lowest BCUT2D eigenvalue weighted by Crippen LogP contribution is -2.29. The quantitative estimate of drug-likeness (QED) is 0.760. The van der Waals surface area contributed by atoms with E-state index in [2.05, 4.69) is 10.3 Å². The number of para-hydroxylation sites is 1. The number of hydrogen-bond donors (Lipinski definition) is 2. The van der Waals surface area contributed by atoms with E-state index < -0.39 is 0 Å². The van der Waals surface area contributed by atoms with Crippen LogP contribution >= 0.6 is 11.3 Å². The highest BCUT2D eigenvalue weighted by Crippen LogP contribution is 2.34. The molecular formula is C15H15N3OS. The smallest absolute Gasteiger partial charge is 0.263 e. The number of nitrogen functional groups attached to an aromatic ring is 1. The van der Waals surface area contributed by atoms with Crippen LogP contribution in [0.2, 0.25) is 0 Å². The fraction of sp³-hybridized carbons (Fsp3) is 0.200. The summed E-state index contributed by atoms with van der Waals surface area (Å²) in [6.45, 7) is 3.85. The summed E-state index contributed by atoms with van der Waals surface area (Å²) in [6, 6.07) is 9.94. The second-order valence-corrected chi connectivity index (χ2v) is 6.01. The van der Waals surface area contributed by atoms with Crippen molar-refractivity contribution in [1.29, 1.82) is 0 Å². The van der Waals surface area contributed by atoms with Crippen molar-refractivity contribution in [3.63, 3.8) is 0 Å². The molecule has 0 unspecified atom stereocenters. The van der Waals surface area contributed by atoms with Crippen LogP contribution in [-0.4, -0.2) is 16.9 Å². The van der Waals surface area contributed by atoms with Gasteiger partial charge < -0.3 is 11.1 Å². The van der Waals surface area contributed by atoms with Crippen molar-refractivity contribution in [2.45, 2.75) is 19.9 Å². The summed E-state index contributed by atoms with van der Waals surface area (Å²) in [7, 11) is 0. The van der Waals surface area contributed by atoms with Crippen LogP contribution in [0.15, 0.2) is 30.3 Å². The molecule has 0 aliphatic rings. The largest absolute Gasteiger partial charge is 0.397 e. The Labute approximate surface area is 120 Å². The van der Waals surface area contributed by atoms with Gasteiger partial charge in [0.15, 0.2) is 0 Å². The van der Waals surface area contributed by atoms with Gasteiger partial charge in [-0.15, -0.1) is 11.3 Å². The second-order valence-electron chi connectivity index (χ2n) is 5.01. The molecule has 5 heteroatoms. The first-order valence-electron chi connectivity index (χ1n) is 6.45. The number of anilines is 1. The Morgan fingerprint density at radius 3 is 2.85 bits per heavy atom. The number of nitrogens with two attached hydrogens (primary N) is 1. The molecule has 0 saturated carbocycles. The van der Waals surface area contributed by atoms with Gasteiger partial charge in [-0.1, -0.05) is 18.2 Å². The van der Waals surface area contributed by atoms with E-state index in [9.17, 15) is 4.79 Å². The first-order valence-corrected chi connectivity index (χ1v) is 7.26. The molecule has 0 saturated heterocycles. The van der Waals surface area contributed by atoms with Gasteiger partial charge in [0.1, 0.15) is 9.71 Å². The molecule has 3 aromatic rings. The Morgan fingerprint density at radius 2 is 2.10 bits per heavy atom. The van der Waals surface area contributed by atoms with Crippen LogP contribution in [-0.2, 0) is 0 Å². The van der Waals surface area contributed by atoms with Crippen molar-refractivity contribution in [2.75, 3.05) is 5.73 Å². The van der Waals surface area contributed by atoms with E-state index in [0.29, 0.717) is 10.6 Å². The molecule has 0 spiro atoms. The molecule has 0 fully saturated rings. The topological polar surface area (TPSA) is 68.0 Å². The SMILES string of the molecule is CC(C)NC(=O)c1sc2nc3ccccc3cc2c1N. The number of nitrogens with zero attached hydrogens (tertiary/aromatic N) is 1. The Bertz CT molecular complexity index is 807. The predicted octanol–water partition coefficient (Wildman–Crippen LogP) is 3.17. The number of pyridine rings is 1. The molecule has 2 aromatic heterocycles. The van der Waals surface area contributed by atoms with Crippen molar-refractivity contribution >= 4 is 44.1 Å². The van der Waals surface area contributed by atoms with Crippen LogP contribution in [0.5, 0.6) is 0 Å². The van der Waals surface area contributed by atoms with Gasteiger partial charge in [0.05, 0.1) is 11.2 Å². The first-order chi connectivity index (χ1) is 9.56. The fourth-order valence-electron chi connectivity index (χ4n) is 2.14. The summed E-state index contributed by atoms with van der Waals surface area (Å²) in [5.74, 6) is -0.135. The van der Waals surface area contributed by atoms with Crippen molar-refractivity contribution in [1.82, 2.24) is 10.3 Å². The van der Waals surface area contributed by atoms with Crippen molar-refractivity contribution < 1.29 is 4.79 Å². The highest BCUT2D eigenvalue weighted by atomic mass is 32.1. The molecule has 0 atom stereocenters. The molecule has 1 aromatic carbocycles. The minimum absolute atomic E-state index is 0.0825. The average molecular weight is 285 g/mol. The maximum atomic E-state index is 12.1. The van der Waals surface area contributed by atoms with Gasteiger partial charge in [0.25, 0.3) is 5.91 Å². The van der Waals surface area contributed by atoms with Crippen LogP contribution in [0.25, 0.3) is 21.1 Å². The van der Waals surface area contributed by atoms with Crippen LogP contribution in [0.4, 0.5) is 5.69 Å². The van der Waals surface area contributed by atoms with Crippen LogP contribution < -0.4 is 11.1 Å². The Hall–Kier alpha value is -2.14. The summed E-state index contributed by atoms with van der Waals surface area (Å²) in [5, 5.41) is 4.74. The minimum atomic E-state index is -0.135. The molecule has 2 heterocycles. The lowest BCUT2D eigenvalue weighted by atomic mass is 10.1. The second kappa shape index (κ2) is 4.76. The zero-order chi connectivity index (χ0) is 14.3. The Kier molecular flexibility index (Phi) is 3.06. The summed E-state index contributed by atoms with van der Waals surface area (Å²) in [4.78, 5) is 18.0. The first kappa shape index (κ1) is 12.9. The van der Waals surface area contributed by atoms with Gasteiger partial charge >= 0.3 is 0 Å². The van der Waals surface area contributed by atoms with Crippen molar-refractivity contribution in [2.24, 2.45) is 0 Å². The molecular weight excluding hydrogens is 270 g/mol. The summed E-state index contributed by atoms with van der Waals surface area (Å²) < 4.78 is 0. The van der Waals surface area contributed by atoms with E-state index in [1.165, 1.54) is 11.3 Å². The van der Waals surface area contributed by atoms with Gasteiger partial charge in [-0.3, -0.25) is 4.79 Å². The van der Waals surface area contributed by atoms with Crippen LogP contribution in [0.1, 0.15) is 23.5 Å². The number of benzene rings is 1. The third-order valence-electron chi connectivity index (χ3n) is 3.05. The number of rotatable bonds is 2. The van der Waals surface area contributed by atoms with Crippen molar-refractivity contribution in [3.05, 3.63) is 35.2 Å². The van der Waals surface area contributed by atoms with E-state index in [4.69, 9.17) is 5.73 Å². The van der Waals surface area contributed by atoms with Crippen molar-refractivity contribution in [3.8, 4) is 0 Å². The molecule has 4 nitrogen and oxygen atoms in total. The summed E-state index contributed by atoms with van der Waals surface area (Å²) in [6.07, 6.45) is 0. The lowest BCUT2D eigenvalue weighted by Gasteiger charge is -2.06. The number of carbonyl (C=O) groups is 1. The van der Waals surface area contributed by atoms with E-state index in [1.807, 2.05) is 44.2 Å². The number of fused-ring (bicyclic) bond motifs is 2. The number of carbonyl (C=O) groups excluding carboxylic acids is 1. The number of nitrogens with one attached hydrogen (secondary N) is 1. The molecule has 0 aliphatic heterocycles. The molecule has 0 radical (unpaired) electrons. The number of thiophene rings is 1. The molecule has 102 valence electrons. The highest BCUT2D eigenvalue weighted by Gasteiger charge is 2.18. The number of hydrogen-bond acceptors (Lipinski definition) is 4. The monoisotopic (exact) mass is 285 g/mol. The number of amides is 1. The zero-order valence-corrected chi connectivity index (χ0v) is 12.1. The van der Waals surface area contributed by atoms with Crippen LogP contribution in [0, 0.1) is 0 Å². The predicted molar refractivity (Wildman–Crippen MR) is 84.1 cm³/mol. The fourth-order valence-corrected chi connectivity index (χ4v) is 3.13. The van der Waals surface area contributed by atoms with E-state index in [1.54, 1.807) is 0 Å². The van der Waals surface area contributed by atoms with Crippen LogP contribution in [0.3, 0.4) is 0 Å². The summed E-state index contributed by atoms with van der Waals surface area (Å²) in [5.41, 5.74) is 7.55. The standard InChI is InChI=1S/C15H15N3OS/c1-8(2)17-14(19)13-12(16)10-7-9-5-3-4-6-11(9)18-15(10)20-13/h3-8H,16H2,1-2H3,(H,17,19). The molecule has 3 N–H and O–H groups in total. The molecule has 0 aliphatic carbocycles. The van der Waals surface area contributed by atoms with E-state index in [-0.39, 0.29) is 11.9 Å². The van der Waals surface area contributed by atoms with Gasteiger partial charge in [-0.2, -0.15) is 0 Å². The van der Waals surface area contributed by atoms with E-state index in [0.717, 1.165) is 21.1 Å². The molecule has 3 rings (SSSR count). The number of aromatic nitrogens is 1. The third-order valence-corrected chi connectivity index (χ3v) is 4.16. The minimum Gasteiger partial charge on any atom is -0.397 e.